The van der Waals surface area contributed by atoms with Crippen LogP contribution in [0.5, 0.6) is 0 Å². The molecule has 0 saturated heterocycles. The second-order valence-corrected chi connectivity index (χ2v) is 16.0. The fourth-order valence-corrected chi connectivity index (χ4v) is 9.46. The maximum Gasteiger partial charge on any atom is 0.164 e. The molecule has 0 saturated carbocycles. The quantitative estimate of drug-likeness (QED) is 0.160. The number of aromatic nitrogens is 7. The summed E-state index contributed by atoms with van der Waals surface area (Å²) in [6, 6.07) is 69.5. The minimum absolute atomic E-state index is 0.605. The maximum absolute atomic E-state index is 5.05. The van der Waals surface area contributed by atoms with Crippen LogP contribution in [0, 0.1) is 0 Å². The highest BCUT2D eigenvalue weighted by atomic mass is 32.1. The second kappa shape index (κ2) is 14.3. The summed E-state index contributed by atoms with van der Waals surface area (Å²) < 4.78 is 4.67. The van der Waals surface area contributed by atoms with E-state index in [1.54, 1.807) is 11.3 Å². The van der Waals surface area contributed by atoms with Gasteiger partial charge in [0.05, 0.1) is 22.1 Å². The van der Waals surface area contributed by atoms with Gasteiger partial charge in [-0.15, -0.1) is 10.2 Å². The molecule has 61 heavy (non-hydrogen) atoms. The van der Waals surface area contributed by atoms with Crippen LogP contribution in [-0.2, 0) is 0 Å². The van der Waals surface area contributed by atoms with Gasteiger partial charge in [0.15, 0.2) is 17.5 Å². The molecule has 286 valence electrons. The van der Waals surface area contributed by atoms with Crippen LogP contribution in [0.25, 0.3) is 110 Å². The molecule has 12 aromatic rings. The topological polar surface area (TPSA) is 74.3 Å². The number of nitrogens with zero attached hydrogens (tertiary/aromatic N) is 7. The number of benzene rings is 8. The van der Waals surface area contributed by atoms with Crippen molar-refractivity contribution >= 4 is 54.9 Å². The van der Waals surface area contributed by atoms with Crippen molar-refractivity contribution < 1.29 is 0 Å². The third-order valence-corrected chi connectivity index (χ3v) is 12.4. The Hall–Kier alpha value is -8.07. The van der Waals surface area contributed by atoms with Crippen LogP contribution in [0.15, 0.2) is 200 Å². The Balaban J connectivity index is 0.997. The maximum atomic E-state index is 5.05. The summed E-state index contributed by atoms with van der Waals surface area (Å²) in [5, 5.41) is 16.1. The van der Waals surface area contributed by atoms with Crippen LogP contribution in [0.4, 0.5) is 0 Å². The molecule has 0 bridgehead atoms. The molecule has 8 aromatic carbocycles. The monoisotopic (exact) mass is 799 g/mol. The lowest BCUT2D eigenvalue weighted by molar-refractivity contribution is 1.07. The zero-order valence-corrected chi connectivity index (χ0v) is 33.4. The molecule has 0 fully saturated rings. The predicted octanol–water partition coefficient (Wildman–Crippen LogP) is 13.3. The van der Waals surface area contributed by atoms with Crippen molar-refractivity contribution in [2.45, 2.75) is 0 Å². The molecule has 7 nitrogen and oxygen atoms in total. The van der Waals surface area contributed by atoms with Crippen molar-refractivity contribution in [3.05, 3.63) is 200 Å². The van der Waals surface area contributed by atoms with Gasteiger partial charge in [-0.2, -0.15) is 0 Å². The van der Waals surface area contributed by atoms with Gasteiger partial charge in [-0.05, 0) is 60.7 Å². The third kappa shape index (κ3) is 5.92. The molecule has 0 amide bonds. The minimum Gasteiger partial charge on any atom is -0.309 e. The molecule has 12 rings (SSSR count). The molecular formula is C53H33N7S. The Morgan fingerprint density at radius 3 is 1.54 bits per heavy atom. The fraction of sp³-hybridized carbons (Fsp3) is 0. The van der Waals surface area contributed by atoms with Crippen molar-refractivity contribution in [3.63, 3.8) is 0 Å². The smallest absolute Gasteiger partial charge is 0.164 e. The van der Waals surface area contributed by atoms with Gasteiger partial charge in [0, 0.05) is 60.7 Å². The number of hydrogen-bond donors (Lipinski definition) is 0. The number of rotatable bonds is 7. The molecule has 0 spiro atoms. The SMILES string of the molecule is c1ccc(-c2nc(-c3ccccc3)nc(-c3cccc(-n4c5ccccc5c5cccc(-c6nnc(-c7ccc8c(c7)c7ccccc7n8-c7ccccc7)s6)c54)c3)n2)cc1. The molecule has 4 aromatic heterocycles. The lowest BCUT2D eigenvalue weighted by Crippen LogP contribution is -2.01. The van der Waals surface area contributed by atoms with Gasteiger partial charge in [-0.3, -0.25) is 0 Å². The van der Waals surface area contributed by atoms with Gasteiger partial charge in [0.1, 0.15) is 10.0 Å². The lowest BCUT2D eigenvalue weighted by Gasteiger charge is -2.12. The average Bonchev–Trinajstić information content (AvgIpc) is 4.06. The predicted molar refractivity (Wildman–Crippen MR) is 249 cm³/mol. The van der Waals surface area contributed by atoms with Crippen LogP contribution in [0.3, 0.4) is 0 Å². The average molecular weight is 800 g/mol. The van der Waals surface area contributed by atoms with E-state index in [1.807, 2.05) is 60.7 Å². The van der Waals surface area contributed by atoms with Crippen LogP contribution in [-0.4, -0.2) is 34.3 Å². The zero-order valence-electron chi connectivity index (χ0n) is 32.6. The first-order valence-electron chi connectivity index (χ1n) is 20.2. The fourth-order valence-electron chi connectivity index (χ4n) is 8.59. The highest BCUT2D eigenvalue weighted by Crippen LogP contribution is 2.42. The summed E-state index contributed by atoms with van der Waals surface area (Å²) in [6.45, 7) is 0. The van der Waals surface area contributed by atoms with E-state index in [1.165, 1.54) is 16.3 Å². The summed E-state index contributed by atoms with van der Waals surface area (Å²) in [5.41, 5.74) is 11.4. The first-order chi connectivity index (χ1) is 30.2. The molecular weight excluding hydrogens is 767 g/mol. The minimum atomic E-state index is 0.605. The van der Waals surface area contributed by atoms with Crippen molar-refractivity contribution in [1.29, 1.82) is 0 Å². The van der Waals surface area contributed by atoms with Gasteiger partial charge in [0.2, 0.25) is 0 Å². The summed E-state index contributed by atoms with van der Waals surface area (Å²) in [5.74, 6) is 1.86. The molecule has 8 heteroatoms. The first kappa shape index (κ1) is 34.9. The van der Waals surface area contributed by atoms with Crippen LogP contribution >= 0.6 is 11.3 Å². The van der Waals surface area contributed by atoms with E-state index in [0.717, 1.165) is 76.5 Å². The summed E-state index contributed by atoms with van der Waals surface area (Å²) in [4.78, 5) is 15.0. The molecule has 0 radical (unpaired) electrons. The molecule has 0 unspecified atom stereocenters. The van der Waals surface area contributed by atoms with Gasteiger partial charge < -0.3 is 9.13 Å². The Morgan fingerprint density at radius 2 is 0.836 bits per heavy atom. The Bertz CT molecular complexity index is 3530. The van der Waals surface area contributed by atoms with Crippen LogP contribution in [0.2, 0.25) is 0 Å². The van der Waals surface area contributed by atoms with Gasteiger partial charge in [0.25, 0.3) is 0 Å². The van der Waals surface area contributed by atoms with E-state index in [4.69, 9.17) is 25.1 Å². The van der Waals surface area contributed by atoms with E-state index in [-0.39, 0.29) is 0 Å². The van der Waals surface area contributed by atoms with Crippen molar-refractivity contribution in [2.24, 2.45) is 0 Å². The van der Waals surface area contributed by atoms with Crippen molar-refractivity contribution in [1.82, 2.24) is 34.3 Å². The lowest BCUT2D eigenvalue weighted by atomic mass is 10.1. The van der Waals surface area contributed by atoms with E-state index in [2.05, 4.69) is 149 Å². The van der Waals surface area contributed by atoms with Gasteiger partial charge >= 0.3 is 0 Å². The number of hydrogen-bond acceptors (Lipinski definition) is 6. The largest absolute Gasteiger partial charge is 0.309 e. The Morgan fingerprint density at radius 1 is 0.328 bits per heavy atom. The molecule has 0 N–H and O–H groups in total. The number of para-hydroxylation sites is 4. The van der Waals surface area contributed by atoms with E-state index in [9.17, 15) is 0 Å². The summed E-state index contributed by atoms with van der Waals surface area (Å²) in [7, 11) is 0. The summed E-state index contributed by atoms with van der Waals surface area (Å²) >= 11 is 1.61. The molecule has 0 aliphatic carbocycles. The zero-order chi connectivity index (χ0) is 40.3. The van der Waals surface area contributed by atoms with Crippen LogP contribution in [0.1, 0.15) is 0 Å². The van der Waals surface area contributed by atoms with E-state index >= 15 is 0 Å². The molecule has 0 aliphatic rings. The van der Waals surface area contributed by atoms with E-state index in [0.29, 0.717) is 17.5 Å². The molecule has 0 atom stereocenters. The highest BCUT2D eigenvalue weighted by molar-refractivity contribution is 7.18. The number of fused-ring (bicyclic) bond motifs is 6. The Kier molecular flexibility index (Phi) is 8.21. The van der Waals surface area contributed by atoms with E-state index < -0.39 is 0 Å². The Labute approximate surface area is 354 Å². The normalized spacial score (nSPS) is 11.6. The third-order valence-electron chi connectivity index (χ3n) is 11.3. The van der Waals surface area contributed by atoms with Crippen LogP contribution < -0.4 is 0 Å². The summed E-state index contributed by atoms with van der Waals surface area (Å²) in [6.07, 6.45) is 0. The van der Waals surface area contributed by atoms with Crippen molar-refractivity contribution in [3.8, 4) is 66.7 Å². The standard InChI is InChI=1S/C53H33N7S/c1-4-16-34(17-5-1)49-54-50(35-18-6-2-7-19-35)56-51(55-49)36-20-14-23-39(32-36)60-46-29-13-10-24-40(46)42-26-15-27-43(48(42)60)53-58-57-52(61-53)37-30-31-47-44(33-37)41-25-11-12-28-45(41)59(47)38-21-8-3-9-22-38/h1-33H. The first-order valence-corrected chi connectivity index (χ1v) is 21.0. The van der Waals surface area contributed by atoms with Gasteiger partial charge in [-0.25, -0.2) is 15.0 Å². The van der Waals surface area contributed by atoms with Gasteiger partial charge in [-0.1, -0.05) is 151 Å². The van der Waals surface area contributed by atoms with Crippen molar-refractivity contribution in [2.75, 3.05) is 0 Å². The molecule has 0 aliphatic heterocycles. The highest BCUT2D eigenvalue weighted by Gasteiger charge is 2.21. The molecule has 4 heterocycles. The second-order valence-electron chi connectivity index (χ2n) is 15.0.